The van der Waals surface area contributed by atoms with E-state index in [2.05, 4.69) is 15.0 Å². The molecule has 0 aromatic carbocycles. The predicted octanol–water partition coefficient (Wildman–Crippen LogP) is 2.23. The molecule has 1 aliphatic heterocycles. The molecular weight excluding hydrogens is 339 g/mol. The maximum Gasteiger partial charge on any atom is 0.157 e. The topological polar surface area (TPSA) is 63.4 Å². The molecule has 0 amide bonds. The molecular formula is C15H18Cl2N4O2. The Morgan fingerprint density at radius 3 is 2.87 bits per heavy atom. The number of hydrogen-bond acceptors (Lipinski definition) is 5. The molecule has 0 saturated carbocycles. The van der Waals surface area contributed by atoms with Crippen LogP contribution in [0.2, 0.25) is 10.0 Å². The molecule has 23 heavy (non-hydrogen) atoms. The Kier molecular flexibility index (Phi) is 5.06. The predicted molar refractivity (Wildman–Crippen MR) is 87.9 cm³/mol. The minimum atomic E-state index is -0.564. The Morgan fingerprint density at radius 2 is 2.17 bits per heavy atom. The number of aryl methyl sites for hydroxylation is 1. The Balaban J connectivity index is 1.61. The van der Waals surface area contributed by atoms with Crippen molar-refractivity contribution >= 4 is 23.2 Å². The van der Waals surface area contributed by atoms with Crippen LogP contribution in [0, 0.1) is 0 Å². The largest absolute Gasteiger partial charge is 0.483 e. The first kappa shape index (κ1) is 16.5. The third kappa shape index (κ3) is 3.95. The highest BCUT2D eigenvalue weighted by atomic mass is 35.5. The van der Waals surface area contributed by atoms with Crippen molar-refractivity contribution in [2.24, 2.45) is 0 Å². The molecule has 8 heteroatoms. The maximum atomic E-state index is 10.2. The number of nitrogens with zero attached hydrogens (tertiary/aromatic N) is 4. The molecule has 1 saturated heterocycles. The molecule has 0 spiro atoms. The van der Waals surface area contributed by atoms with Crippen molar-refractivity contribution in [3.63, 3.8) is 0 Å². The van der Waals surface area contributed by atoms with Gasteiger partial charge in [-0.15, -0.1) is 0 Å². The molecule has 1 N–H and O–H groups in total. The fraction of sp³-hybridized carbons (Fsp3) is 0.467. The van der Waals surface area contributed by atoms with Gasteiger partial charge in [0.2, 0.25) is 0 Å². The Morgan fingerprint density at radius 1 is 1.35 bits per heavy atom. The summed E-state index contributed by atoms with van der Waals surface area (Å²) in [4.78, 5) is 6.31. The van der Waals surface area contributed by atoms with E-state index in [1.165, 1.54) is 0 Å². The molecule has 0 unspecified atom stereocenters. The standard InChI is InChI=1S/C15H18Cl2N4O2/c1-2-21-6-11(5-19-21)23-15-9-20(8-14(15)22)7-13-12(17)3-10(16)4-18-13/h3-6,14-15,22H,2,7-9H2,1H3/t14-,15-/m1/s1. The van der Waals surface area contributed by atoms with Gasteiger partial charge in [-0.1, -0.05) is 23.2 Å². The van der Waals surface area contributed by atoms with Gasteiger partial charge in [0, 0.05) is 32.4 Å². The molecule has 0 radical (unpaired) electrons. The van der Waals surface area contributed by atoms with E-state index in [1.54, 1.807) is 23.1 Å². The second-order valence-corrected chi connectivity index (χ2v) is 6.38. The highest BCUT2D eigenvalue weighted by molar-refractivity contribution is 6.34. The lowest BCUT2D eigenvalue weighted by Crippen LogP contribution is -2.29. The maximum absolute atomic E-state index is 10.2. The second-order valence-electron chi connectivity index (χ2n) is 5.53. The van der Waals surface area contributed by atoms with E-state index in [-0.39, 0.29) is 6.10 Å². The zero-order valence-electron chi connectivity index (χ0n) is 12.7. The number of aliphatic hydroxyl groups is 1. The average Bonchev–Trinajstić information content (AvgIpc) is 3.10. The number of rotatable bonds is 5. The summed E-state index contributed by atoms with van der Waals surface area (Å²) in [6.45, 7) is 4.43. The van der Waals surface area contributed by atoms with Crippen LogP contribution in [-0.4, -0.2) is 50.1 Å². The van der Waals surface area contributed by atoms with Crippen LogP contribution in [0.3, 0.4) is 0 Å². The highest BCUT2D eigenvalue weighted by Crippen LogP contribution is 2.23. The fourth-order valence-electron chi connectivity index (χ4n) is 2.60. The van der Waals surface area contributed by atoms with Crippen molar-refractivity contribution in [2.75, 3.05) is 13.1 Å². The monoisotopic (exact) mass is 356 g/mol. The van der Waals surface area contributed by atoms with Crippen molar-refractivity contribution in [1.29, 1.82) is 0 Å². The highest BCUT2D eigenvalue weighted by Gasteiger charge is 2.33. The van der Waals surface area contributed by atoms with Gasteiger partial charge >= 0.3 is 0 Å². The van der Waals surface area contributed by atoms with Gasteiger partial charge in [0.25, 0.3) is 0 Å². The molecule has 0 aliphatic carbocycles. The van der Waals surface area contributed by atoms with Crippen LogP contribution in [0.1, 0.15) is 12.6 Å². The fourth-order valence-corrected chi connectivity index (χ4v) is 3.04. The Bertz CT molecular complexity index is 679. The lowest BCUT2D eigenvalue weighted by atomic mass is 10.3. The Labute approximate surface area is 144 Å². The number of ether oxygens (including phenoxy) is 1. The number of aromatic nitrogens is 3. The lowest BCUT2D eigenvalue weighted by molar-refractivity contribution is 0.0736. The molecule has 124 valence electrons. The minimum Gasteiger partial charge on any atom is -0.483 e. The first-order valence-electron chi connectivity index (χ1n) is 7.44. The Hall–Kier alpha value is -1.34. The van der Waals surface area contributed by atoms with Gasteiger partial charge in [-0.2, -0.15) is 5.10 Å². The molecule has 2 aromatic heterocycles. The number of halogens is 2. The van der Waals surface area contributed by atoms with E-state index in [0.29, 0.717) is 35.4 Å². The van der Waals surface area contributed by atoms with Crippen LogP contribution >= 0.6 is 23.2 Å². The summed E-state index contributed by atoms with van der Waals surface area (Å²) >= 11 is 12.0. The van der Waals surface area contributed by atoms with Crippen molar-refractivity contribution in [2.45, 2.75) is 32.2 Å². The van der Waals surface area contributed by atoms with Crippen LogP contribution in [0.15, 0.2) is 24.7 Å². The van der Waals surface area contributed by atoms with E-state index in [1.807, 2.05) is 13.1 Å². The van der Waals surface area contributed by atoms with Crippen molar-refractivity contribution in [3.05, 3.63) is 40.4 Å². The van der Waals surface area contributed by atoms with Crippen LogP contribution in [0.4, 0.5) is 0 Å². The summed E-state index contributed by atoms with van der Waals surface area (Å²) in [5.74, 6) is 0.667. The van der Waals surface area contributed by atoms with Crippen molar-refractivity contribution < 1.29 is 9.84 Å². The van der Waals surface area contributed by atoms with Crippen LogP contribution in [0.25, 0.3) is 0 Å². The quantitative estimate of drug-likeness (QED) is 0.889. The third-order valence-corrected chi connectivity index (χ3v) is 4.32. The van der Waals surface area contributed by atoms with E-state index in [0.717, 1.165) is 12.2 Å². The zero-order valence-corrected chi connectivity index (χ0v) is 14.2. The van der Waals surface area contributed by atoms with Gasteiger partial charge < -0.3 is 9.84 Å². The number of likely N-dealkylation sites (tertiary alicyclic amines) is 1. The van der Waals surface area contributed by atoms with Crippen LogP contribution in [-0.2, 0) is 13.1 Å². The van der Waals surface area contributed by atoms with E-state index in [4.69, 9.17) is 27.9 Å². The molecule has 2 atom stereocenters. The molecule has 3 heterocycles. The van der Waals surface area contributed by atoms with E-state index >= 15 is 0 Å². The third-order valence-electron chi connectivity index (χ3n) is 3.79. The van der Waals surface area contributed by atoms with E-state index in [9.17, 15) is 5.11 Å². The lowest BCUT2D eigenvalue weighted by Gasteiger charge is -2.16. The first-order chi connectivity index (χ1) is 11.0. The van der Waals surface area contributed by atoms with Crippen molar-refractivity contribution in [1.82, 2.24) is 19.7 Å². The molecule has 1 fully saturated rings. The molecule has 2 aromatic rings. The average molecular weight is 357 g/mol. The summed E-state index contributed by atoms with van der Waals surface area (Å²) < 4.78 is 7.62. The summed E-state index contributed by atoms with van der Waals surface area (Å²) in [7, 11) is 0. The summed E-state index contributed by atoms with van der Waals surface area (Å²) in [5.41, 5.74) is 0.739. The van der Waals surface area contributed by atoms with Gasteiger partial charge in [0.05, 0.1) is 28.1 Å². The smallest absolute Gasteiger partial charge is 0.157 e. The molecule has 0 bridgehead atoms. The normalized spacial score (nSPS) is 21.7. The summed E-state index contributed by atoms with van der Waals surface area (Å²) in [6, 6.07) is 1.67. The number of pyridine rings is 1. The number of β-amino-alcohol motifs (C(OH)–C–C–N with tert-alkyl or cyclic N) is 1. The van der Waals surface area contributed by atoms with E-state index < -0.39 is 6.10 Å². The van der Waals surface area contributed by atoms with Gasteiger partial charge in [-0.05, 0) is 13.0 Å². The SMILES string of the molecule is CCn1cc(O[C@@H]2CN(Cc3ncc(Cl)cc3Cl)C[C@H]2O)cn1. The number of aliphatic hydroxyl groups excluding tert-OH is 1. The summed E-state index contributed by atoms with van der Waals surface area (Å²) in [6.07, 6.45) is 4.20. The number of hydrogen-bond donors (Lipinski definition) is 1. The minimum absolute atomic E-state index is 0.296. The van der Waals surface area contributed by atoms with Gasteiger partial charge in [0.15, 0.2) is 5.75 Å². The molecule has 1 aliphatic rings. The second kappa shape index (κ2) is 7.05. The first-order valence-corrected chi connectivity index (χ1v) is 8.20. The molecule has 6 nitrogen and oxygen atoms in total. The van der Waals surface area contributed by atoms with Crippen molar-refractivity contribution in [3.8, 4) is 5.75 Å². The van der Waals surface area contributed by atoms with Crippen LogP contribution < -0.4 is 4.74 Å². The van der Waals surface area contributed by atoms with Gasteiger partial charge in [0.1, 0.15) is 12.2 Å². The van der Waals surface area contributed by atoms with Gasteiger partial charge in [-0.25, -0.2) is 0 Å². The summed E-state index contributed by atoms with van der Waals surface area (Å²) in [5, 5.41) is 15.4. The van der Waals surface area contributed by atoms with Gasteiger partial charge in [-0.3, -0.25) is 14.6 Å². The van der Waals surface area contributed by atoms with Crippen LogP contribution in [0.5, 0.6) is 5.75 Å². The molecule has 3 rings (SSSR count). The zero-order chi connectivity index (χ0) is 16.4.